The highest BCUT2D eigenvalue weighted by molar-refractivity contribution is 9.10. The van der Waals surface area contributed by atoms with Crippen molar-refractivity contribution in [1.29, 1.82) is 0 Å². The summed E-state index contributed by atoms with van der Waals surface area (Å²) in [6, 6.07) is 116. The molecule has 14 heteroatoms. The van der Waals surface area contributed by atoms with Crippen LogP contribution in [0.5, 0.6) is 0 Å². The Hall–Kier alpha value is -11.1. The van der Waals surface area contributed by atoms with E-state index in [-0.39, 0.29) is 0 Å². The molecule has 0 spiro atoms. The lowest BCUT2D eigenvalue weighted by Crippen LogP contribution is -2.41. The molecule has 1 saturated heterocycles. The molecule has 0 saturated carbocycles. The van der Waals surface area contributed by atoms with Gasteiger partial charge in [0.15, 0.2) is 14.3 Å². The number of halogens is 1. The summed E-state index contributed by atoms with van der Waals surface area (Å²) in [7, 11) is -6.63. The molecule has 1 aliphatic rings. The Morgan fingerprint density at radius 3 is 0.973 bits per heavy atom. The first kappa shape index (κ1) is 69.3. The second-order valence-electron chi connectivity index (χ2n) is 28.9. The lowest BCUT2D eigenvalue weighted by Gasteiger charge is -2.32. The third-order valence-corrected chi connectivity index (χ3v) is 31.0. The van der Waals surface area contributed by atoms with Gasteiger partial charge in [-0.1, -0.05) is 303 Å². The predicted molar refractivity (Wildman–Crippen MR) is 471 cm³/mol. The topological polar surface area (TPSA) is 87.2 Å². The number of nitrogens with zero attached hydrogens (tertiary/aromatic N) is 4. The van der Waals surface area contributed by atoms with Gasteiger partial charge in [-0.15, -0.1) is 22.7 Å². The molecule has 6 aromatic heterocycles. The first-order chi connectivity index (χ1) is 53.7. The number of fused-ring (bicyclic) bond motifs is 14. The van der Waals surface area contributed by atoms with Gasteiger partial charge in [0.25, 0.3) is 0 Å². The number of rotatable bonds is 10. The maximum Gasteiger partial charge on any atom is 0.496 e. The van der Waals surface area contributed by atoms with E-state index in [1.165, 1.54) is 57.7 Å². The average molecular weight is 1560 g/mol. The van der Waals surface area contributed by atoms with Gasteiger partial charge >= 0.3 is 7.12 Å². The van der Waals surface area contributed by atoms with Gasteiger partial charge in [-0.25, -0.2) is 9.97 Å². The van der Waals surface area contributed by atoms with Gasteiger partial charge in [0.1, 0.15) is 32.0 Å². The van der Waals surface area contributed by atoms with Gasteiger partial charge in [-0.2, -0.15) is 0 Å². The number of aromatic nitrogens is 4. The van der Waals surface area contributed by atoms with Crippen LogP contribution in [0, 0.1) is 0 Å². The van der Waals surface area contributed by atoms with E-state index in [1.54, 1.807) is 22.7 Å². The number of imidazole rings is 2. The summed E-state index contributed by atoms with van der Waals surface area (Å²) in [5.74, 6) is 0. The van der Waals surface area contributed by atoms with E-state index in [4.69, 9.17) is 19.3 Å². The van der Waals surface area contributed by atoms with Gasteiger partial charge in [0, 0.05) is 68.9 Å². The summed E-state index contributed by atoms with van der Waals surface area (Å²) in [5, 5.41) is 16.6. The SMILES string of the molecule is Brc1ccc2nc3c4ccccc4sc3n2c1.CC1(C)OB(c2c3ccccc3c(-c3ccc(P(=O)(c4ccccc4)c4ccccc4)cc3)c3ccccc23)OC1(C)C.O=P(c1ccccc1)(c1ccccc1)c1ccc(-c2c3ccccc3c(-c3ccc4nc5c6ccccc6sc5n4c3)c3ccccc23)cc1. The van der Waals surface area contributed by atoms with Crippen LogP contribution in [0.1, 0.15) is 27.7 Å². The number of thiophene rings is 2. The van der Waals surface area contributed by atoms with Crippen LogP contribution in [0.4, 0.5) is 0 Å². The molecule has 0 bridgehead atoms. The van der Waals surface area contributed by atoms with Crippen LogP contribution in [-0.4, -0.2) is 37.1 Å². The minimum Gasteiger partial charge on any atom is -0.399 e. The zero-order valence-electron chi connectivity index (χ0n) is 60.6. The van der Waals surface area contributed by atoms with Crippen molar-refractivity contribution in [2.24, 2.45) is 0 Å². The van der Waals surface area contributed by atoms with E-state index in [2.05, 4.69) is 259 Å². The smallest absolute Gasteiger partial charge is 0.399 e. The Bertz CT molecular complexity index is 6860. The van der Waals surface area contributed by atoms with Gasteiger partial charge in [-0.3, -0.25) is 8.80 Å². The maximum atomic E-state index is 15.1. The molecule has 0 N–H and O–H groups in total. The van der Waals surface area contributed by atoms with Crippen molar-refractivity contribution < 1.29 is 18.4 Å². The van der Waals surface area contributed by atoms with Crippen molar-refractivity contribution in [2.75, 3.05) is 0 Å². The first-order valence-corrected chi connectivity index (χ1v) is 42.7. The van der Waals surface area contributed by atoms with Crippen LogP contribution in [0.25, 0.3) is 129 Å². The lowest BCUT2D eigenvalue weighted by molar-refractivity contribution is 0.00578. The summed E-state index contributed by atoms with van der Waals surface area (Å²) in [4.78, 5) is 12.1. The zero-order chi connectivity index (χ0) is 74.5. The zero-order valence-corrected chi connectivity index (χ0v) is 65.6. The fourth-order valence-corrected chi connectivity index (χ4v) is 23.9. The van der Waals surface area contributed by atoms with E-state index in [0.717, 1.165) is 113 Å². The number of hydrogen-bond acceptors (Lipinski definition) is 8. The quantitative estimate of drug-likeness (QED) is 0.0770. The first-order valence-electron chi connectivity index (χ1n) is 36.8. The molecule has 0 amide bonds. The van der Waals surface area contributed by atoms with E-state index in [0.29, 0.717) is 0 Å². The second-order valence-corrected chi connectivity index (χ2v) is 37.4. The molecule has 8 nitrogen and oxygen atoms in total. The number of hydrogen-bond donors (Lipinski definition) is 0. The van der Waals surface area contributed by atoms with Crippen molar-refractivity contribution >= 4 is 193 Å². The van der Waals surface area contributed by atoms with Crippen LogP contribution in [-0.2, 0) is 18.4 Å². The third kappa shape index (κ3) is 11.7. The Balaban J connectivity index is 0.000000124. The molecule has 21 rings (SSSR count). The Labute approximate surface area is 653 Å². The molecule has 0 atom stereocenters. The Kier molecular flexibility index (Phi) is 17.5. The summed E-state index contributed by atoms with van der Waals surface area (Å²) < 4.78 is 51.3. The van der Waals surface area contributed by atoms with Crippen LogP contribution in [0.15, 0.2) is 357 Å². The lowest BCUT2D eigenvalue weighted by atomic mass is 9.71. The summed E-state index contributed by atoms with van der Waals surface area (Å²) in [5.41, 5.74) is 11.1. The van der Waals surface area contributed by atoms with Gasteiger partial charge < -0.3 is 18.4 Å². The van der Waals surface area contributed by atoms with Crippen molar-refractivity contribution in [1.82, 2.24) is 18.8 Å². The normalized spacial score (nSPS) is 13.6. The van der Waals surface area contributed by atoms with Crippen LogP contribution in [0.3, 0.4) is 0 Å². The molecular formula is C96H70BBrN4O4P2S2. The van der Waals surface area contributed by atoms with Crippen molar-refractivity contribution in [2.45, 2.75) is 38.9 Å². The highest BCUT2D eigenvalue weighted by Gasteiger charge is 2.53. The van der Waals surface area contributed by atoms with Crippen LogP contribution >= 0.6 is 52.9 Å². The van der Waals surface area contributed by atoms with Gasteiger partial charge in [0.2, 0.25) is 0 Å². The van der Waals surface area contributed by atoms with E-state index >= 15 is 4.57 Å². The minimum absolute atomic E-state index is 0.445. The molecule has 1 aliphatic heterocycles. The molecule has 110 heavy (non-hydrogen) atoms. The summed E-state index contributed by atoms with van der Waals surface area (Å²) >= 11 is 7.08. The molecule has 0 aliphatic carbocycles. The third-order valence-electron chi connectivity index (χ3n) is 22.0. The second kappa shape index (κ2) is 27.8. The molecule has 20 aromatic rings. The summed E-state index contributed by atoms with van der Waals surface area (Å²) in [6.07, 6.45) is 4.33. The Morgan fingerprint density at radius 2 is 0.600 bits per heavy atom. The standard InChI is InChI=1S/C45H29N2OPS.C38H34BO3P.C13H7BrN2S/c48-49(32-13-3-1-4-14-32,33-15-5-2-6-16-33)34-26-23-30(24-27-34)42-35-17-7-9-19-37(35)43(38-20-10-8-18-36(38)42)31-25-28-41-46-44-39-21-11-12-22-40(39)50-45(44)47(41)29-31;1-37(2)38(3,4)42-39(41-37)36-33-21-13-11-19-31(33)35(32-20-12-14-22-34(32)36)27-23-25-30(26-24-27)43(40,28-15-7-5-8-16-28)29-17-9-6-10-18-29;14-8-5-6-11-15-12-9-3-1-2-4-10(9)17-13(12)16(11)7-8/h1-29H;5-26H,1-4H3;1-7H. The molecule has 14 aromatic carbocycles. The fourth-order valence-electron chi connectivity index (χ4n) is 16.0. The average Bonchev–Trinajstić information content (AvgIpc) is 1.20. The van der Waals surface area contributed by atoms with Crippen molar-refractivity contribution in [3.63, 3.8) is 0 Å². The predicted octanol–water partition coefficient (Wildman–Crippen LogP) is 23.0. The molecule has 0 radical (unpaired) electrons. The Morgan fingerprint density at radius 1 is 0.318 bits per heavy atom. The molecule has 530 valence electrons. The number of pyridine rings is 2. The molecule has 0 unspecified atom stereocenters. The van der Waals surface area contributed by atoms with E-state index in [1.807, 2.05) is 146 Å². The van der Waals surface area contributed by atoms with Crippen molar-refractivity contribution in [3.8, 4) is 33.4 Å². The highest BCUT2D eigenvalue weighted by atomic mass is 79.9. The molecule has 7 heterocycles. The number of benzene rings is 14. The van der Waals surface area contributed by atoms with E-state index in [9.17, 15) is 4.57 Å². The molecular weight excluding hydrogens is 1490 g/mol. The largest absolute Gasteiger partial charge is 0.496 e. The van der Waals surface area contributed by atoms with E-state index < -0.39 is 32.6 Å². The maximum absolute atomic E-state index is 15.1. The van der Waals surface area contributed by atoms with Gasteiger partial charge in [-0.05, 0) is 162 Å². The fraction of sp³-hybridized carbons (Fsp3) is 0.0625. The monoisotopic (exact) mass is 1560 g/mol. The highest BCUT2D eigenvalue weighted by Crippen LogP contribution is 2.49. The summed E-state index contributed by atoms with van der Waals surface area (Å²) in [6.45, 7) is 8.38. The van der Waals surface area contributed by atoms with Crippen molar-refractivity contribution in [3.05, 3.63) is 357 Å². The minimum atomic E-state index is -3.08. The molecule has 1 fully saturated rings. The van der Waals surface area contributed by atoms with Crippen LogP contribution < -0.4 is 37.3 Å². The van der Waals surface area contributed by atoms with Gasteiger partial charge in [0.05, 0.1) is 11.2 Å². The van der Waals surface area contributed by atoms with Crippen LogP contribution in [0.2, 0.25) is 0 Å².